The standard InChI is InChI=1S/C21H24N4O4/c1-13-18(14(2)28-23-13)11-19-15(3)29-24-20(19)21(26)25-9-6-16(7-10-25)27-17-5-4-8-22-12-17/h4-5,8,12,16H,6-7,9-11H2,1-3H3. The molecule has 0 aliphatic carbocycles. The van der Waals surface area contributed by atoms with Gasteiger partial charge >= 0.3 is 0 Å². The van der Waals surface area contributed by atoms with Crippen LogP contribution in [0.3, 0.4) is 0 Å². The van der Waals surface area contributed by atoms with E-state index in [9.17, 15) is 4.79 Å². The topological polar surface area (TPSA) is 94.5 Å². The number of nitrogens with zero attached hydrogens (tertiary/aromatic N) is 4. The van der Waals surface area contributed by atoms with Crippen LogP contribution in [0.2, 0.25) is 0 Å². The maximum Gasteiger partial charge on any atom is 0.276 e. The number of hydrogen-bond donors (Lipinski definition) is 0. The van der Waals surface area contributed by atoms with Crippen LogP contribution in [0.5, 0.6) is 5.75 Å². The zero-order valence-corrected chi connectivity index (χ0v) is 16.8. The molecule has 0 radical (unpaired) electrons. The van der Waals surface area contributed by atoms with Gasteiger partial charge in [0.05, 0.1) is 11.9 Å². The Balaban J connectivity index is 1.43. The minimum atomic E-state index is -0.108. The van der Waals surface area contributed by atoms with Crippen LogP contribution in [-0.4, -0.2) is 45.3 Å². The zero-order chi connectivity index (χ0) is 20.4. The number of piperidine rings is 1. The number of amides is 1. The van der Waals surface area contributed by atoms with E-state index < -0.39 is 0 Å². The fourth-order valence-electron chi connectivity index (χ4n) is 3.63. The Morgan fingerprint density at radius 3 is 2.52 bits per heavy atom. The second kappa shape index (κ2) is 8.06. The summed E-state index contributed by atoms with van der Waals surface area (Å²) in [6.45, 7) is 6.81. The highest BCUT2D eigenvalue weighted by Crippen LogP contribution is 2.25. The lowest BCUT2D eigenvalue weighted by molar-refractivity contribution is 0.0585. The van der Waals surface area contributed by atoms with Gasteiger partial charge in [-0.3, -0.25) is 9.78 Å². The molecular weight excluding hydrogens is 372 g/mol. The predicted molar refractivity (Wildman–Crippen MR) is 104 cm³/mol. The maximum absolute atomic E-state index is 13.1. The summed E-state index contributed by atoms with van der Waals surface area (Å²) in [7, 11) is 0. The summed E-state index contributed by atoms with van der Waals surface area (Å²) in [6.07, 6.45) is 5.53. The molecule has 0 bridgehead atoms. The number of aromatic nitrogens is 3. The van der Waals surface area contributed by atoms with Crippen LogP contribution in [0.4, 0.5) is 0 Å². The first-order chi connectivity index (χ1) is 14.0. The third kappa shape index (κ3) is 4.01. The van der Waals surface area contributed by atoms with Crippen LogP contribution in [0.25, 0.3) is 0 Å². The van der Waals surface area contributed by atoms with Crippen molar-refractivity contribution in [1.82, 2.24) is 20.2 Å². The number of rotatable bonds is 5. The van der Waals surface area contributed by atoms with Gasteiger partial charge in [-0.2, -0.15) is 0 Å². The summed E-state index contributed by atoms with van der Waals surface area (Å²) < 4.78 is 16.6. The molecule has 0 unspecified atom stereocenters. The molecule has 4 rings (SSSR count). The largest absolute Gasteiger partial charge is 0.489 e. The smallest absolute Gasteiger partial charge is 0.276 e. The van der Waals surface area contributed by atoms with Gasteiger partial charge in [0.15, 0.2) is 5.69 Å². The molecule has 3 aromatic rings. The molecule has 0 aromatic carbocycles. The van der Waals surface area contributed by atoms with E-state index in [2.05, 4.69) is 15.3 Å². The molecule has 8 heteroatoms. The van der Waals surface area contributed by atoms with Crippen LogP contribution in [0.15, 0.2) is 33.6 Å². The number of aryl methyl sites for hydroxylation is 3. The normalized spacial score (nSPS) is 14.9. The first-order valence-corrected chi connectivity index (χ1v) is 9.75. The Hall–Kier alpha value is -3.16. The number of hydrogen-bond acceptors (Lipinski definition) is 7. The van der Waals surface area contributed by atoms with E-state index in [1.54, 1.807) is 12.4 Å². The van der Waals surface area contributed by atoms with Gasteiger partial charge in [-0.1, -0.05) is 10.3 Å². The summed E-state index contributed by atoms with van der Waals surface area (Å²) in [5, 5.41) is 8.05. The average Bonchev–Trinajstić information content (AvgIpc) is 3.26. The molecule has 29 heavy (non-hydrogen) atoms. The Morgan fingerprint density at radius 1 is 1.14 bits per heavy atom. The van der Waals surface area contributed by atoms with Gasteiger partial charge in [0, 0.05) is 49.7 Å². The van der Waals surface area contributed by atoms with Gasteiger partial charge in [0.2, 0.25) is 0 Å². The lowest BCUT2D eigenvalue weighted by atomic mass is 10.0. The van der Waals surface area contributed by atoms with E-state index in [1.807, 2.05) is 37.8 Å². The lowest BCUT2D eigenvalue weighted by Gasteiger charge is -2.31. The Morgan fingerprint density at radius 2 is 1.86 bits per heavy atom. The third-order valence-corrected chi connectivity index (χ3v) is 5.39. The fraction of sp³-hybridized carbons (Fsp3) is 0.429. The Labute approximate surface area is 168 Å². The molecule has 4 heterocycles. The molecule has 0 atom stereocenters. The summed E-state index contributed by atoms with van der Waals surface area (Å²) in [5.41, 5.74) is 2.94. The summed E-state index contributed by atoms with van der Waals surface area (Å²) in [5.74, 6) is 2.03. The van der Waals surface area contributed by atoms with Crippen molar-refractivity contribution in [3.63, 3.8) is 0 Å². The summed E-state index contributed by atoms with van der Waals surface area (Å²) in [4.78, 5) is 19.0. The molecule has 1 amide bonds. The van der Waals surface area contributed by atoms with Crippen molar-refractivity contribution in [3.8, 4) is 5.75 Å². The predicted octanol–water partition coefficient (Wildman–Crippen LogP) is 3.26. The van der Waals surface area contributed by atoms with E-state index in [-0.39, 0.29) is 12.0 Å². The first kappa shape index (κ1) is 19.2. The maximum atomic E-state index is 13.1. The fourth-order valence-corrected chi connectivity index (χ4v) is 3.63. The van der Waals surface area contributed by atoms with Crippen molar-refractivity contribution < 1.29 is 18.6 Å². The molecule has 1 saturated heterocycles. The minimum Gasteiger partial charge on any atom is -0.489 e. The van der Waals surface area contributed by atoms with Crippen molar-refractivity contribution in [2.75, 3.05) is 13.1 Å². The van der Waals surface area contributed by atoms with Crippen LogP contribution in [0.1, 0.15) is 51.7 Å². The van der Waals surface area contributed by atoms with Crippen molar-refractivity contribution in [3.05, 3.63) is 58.6 Å². The van der Waals surface area contributed by atoms with E-state index in [1.165, 1.54) is 0 Å². The Kier molecular flexibility index (Phi) is 5.33. The number of carbonyl (C=O) groups excluding carboxylic acids is 1. The van der Waals surface area contributed by atoms with Crippen molar-refractivity contribution in [2.45, 2.75) is 46.1 Å². The van der Waals surface area contributed by atoms with Crippen LogP contribution < -0.4 is 4.74 Å². The van der Waals surface area contributed by atoms with Crippen molar-refractivity contribution >= 4 is 5.91 Å². The van der Waals surface area contributed by atoms with Crippen LogP contribution in [-0.2, 0) is 6.42 Å². The third-order valence-electron chi connectivity index (χ3n) is 5.39. The SMILES string of the molecule is Cc1noc(C)c1Cc1c(C(=O)N2CCC(Oc3cccnc3)CC2)noc1C. The Bertz CT molecular complexity index is 968. The lowest BCUT2D eigenvalue weighted by Crippen LogP contribution is -2.42. The quantitative estimate of drug-likeness (QED) is 0.653. The van der Waals surface area contributed by atoms with E-state index in [0.717, 1.165) is 41.2 Å². The van der Waals surface area contributed by atoms with E-state index in [4.69, 9.17) is 13.8 Å². The minimum absolute atomic E-state index is 0.0732. The number of likely N-dealkylation sites (tertiary alicyclic amines) is 1. The molecule has 1 fully saturated rings. The van der Waals surface area contributed by atoms with Gasteiger partial charge in [-0.25, -0.2) is 0 Å². The summed E-state index contributed by atoms with van der Waals surface area (Å²) >= 11 is 0. The molecule has 0 N–H and O–H groups in total. The van der Waals surface area contributed by atoms with Crippen molar-refractivity contribution in [1.29, 1.82) is 0 Å². The first-order valence-electron chi connectivity index (χ1n) is 9.75. The summed E-state index contributed by atoms with van der Waals surface area (Å²) in [6, 6.07) is 3.74. The monoisotopic (exact) mass is 396 g/mol. The number of ether oxygens (including phenoxy) is 1. The second-order valence-corrected chi connectivity index (χ2v) is 7.34. The molecule has 1 aliphatic heterocycles. The number of pyridine rings is 1. The molecule has 0 saturated carbocycles. The molecule has 152 valence electrons. The van der Waals surface area contributed by atoms with E-state index in [0.29, 0.717) is 31.0 Å². The van der Waals surface area contributed by atoms with Crippen LogP contribution >= 0.6 is 0 Å². The highest BCUT2D eigenvalue weighted by Gasteiger charge is 2.29. The highest BCUT2D eigenvalue weighted by molar-refractivity contribution is 5.94. The average molecular weight is 396 g/mol. The second-order valence-electron chi connectivity index (χ2n) is 7.34. The zero-order valence-electron chi connectivity index (χ0n) is 16.8. The highest BCUT2D eigenvalue weighted by atomic mass is 16.5. The molecule has 8 nitrogen and oxygen atoms in total. The molecule has 0 spiro atoms. The van der Waals surface area contributed by atoms with Gasteiger partial charge in [-0.05, 0) is 32.9 Å². The van der Waals surface area contributed by atoms with Gasteiger partial charge in [0.25, 0.3) is 5.91 Å². The van der Waals surface area contributed by atoms with E-state index >= 15 is 0 Å². The van der Waals surface area contributed by atoms with Gasteiger partial charge in [-0.15, -0.1) is 0 Å². The van der Waals surface area contributed by atoms with Crippen LogP contribution in [0, 0.1) is 20.8 Å². The van der Waals surface area contributed by atoms with Gasteiger partial charge in [0.1, 0.15) is 23.4 Å². The van der Waals surface area contributed by atoms with Crippen molar-refractivity contribution in [2.24, 2.45) is 0 Å². The number of carbonyl (C=O) groups is 1. The molecule has 3 aromatic heterocycles. The molecule has 1 aliphatic rings. The molecular formula is C21H24N4O4. The van der Waals surface area contributed by atoms with Gasteiger partial charge < -0.3 is 18.7 Å².